The quantitative estimate of drug-likeness (QED) is 0.540. The van der Waals surface area contributed by atoms with Crippen LogP contribution in [0, 0.1) is 11.8 Å². The molecule has 0 atom stereocenters. The summed E-state index contributed by atoms with van der Waals surface area (Å²) in [5, 5.41) is 0. The third-order valence-electron chi connectivity index (χ3n) is 1.87. The van der Waals surface area contributed by atoms with Gasteiger partial charge >= 0.3 is 6.98 Å². The summed E-state index contributed by atoms with van der Waals surface area (Å²) in [4.78, 5) is 0. The fourth-order valence-corrected chi connectivity index (χ4v) is 1.30. The molecule has 1 aromatic rings. The van der Waals surface area contributed by atoms with Crippen molar-refractivity contribution in [2.75, 3.05) is 7.11 Å². The van der Waals surface area contributed by atoms with Gasteiger partial charge in [0.05, 0.1) is 12.9 Å². The number of halogens is 3. The van der Waals surface area contributed by atoms with Crippen molar-refractivity contribution >= 4 is 12.4 Å². The monoisotopic (exact) mass is 213 g/mol. The molecule has 0 fully saturated rings. The van der Waals surface area contributed by atoms with Crippen LogP contribution in [-0.2, 0) is 0 Å². The van der Waals surface area contributed by atoms with Crippen molar-refractivity contribution in [1.29, 1.82) is 0 Å². The van der Waals surface area contributed by atoms with Gasteiger partial charge in [0.25, 0.3) is 0 Å². The second kappa shape index (κ2) is 4.30. The lowest BCUT2D eigenvalue weighted by Crippen LogP contribution is -2.37. The molecule has 80 valence electrons. The summed E-state index contributed by atoms with van der Waals surface area (Å²) < 4.78 is 42.9. The fourth-order valence-electron chi connectivity index (χ4n) is 1.30. The molecule has 0 radical (unpaired) electrons. The summed E-state index contributed by atoms with van der Waals surface area (Å²) in [5.41, 5.74) is -0.793. The predicted octanol–water partition coefficient (Wildman–Crippen LogP) is 2.12. The minimum absolute atomic E-state index is 0.0376. The molecule has 0 amide bonds. The summed E-state index contributed by atoms with van der Waals surface area (Å²) in [5.74, 6) is 4.70. The van der Waals surface area contributed by atoms with Crippen molar-refractivity contribution in [2.24, 2.45) is 0 Å². The van der Waals surface area contributed by atoms with Crippen LogP contribution in [0.4, 0.5) is 12.9 Å². The fraction of sp³-hybridized carbons (Fsp3) is 0.200. The first-order valence-electron chi connectivity index (χ1n) is 4.30. The molecule has 0 aliphatic carbocycles. The van der Waals surface area contributed by atoms with E-state index >= 15 is 0 Å². The standard InChI is InChI=1S/C10H9BF3O/c1-3-5-8-6-4-7-9(15-2)10(8)11(12,13)14/h4,6-7H,1-2H3/q-1. The summed E-state index contributed by atoms with van der Waals surface area (Å²) in [6.07, 6.45) is 0. The highest BCUT2D eigenvalue weighted by Gasteiger charge is 2.31. The van der Waals surface area contributed by atoms with Gasteiger partial charge in [-0.3, -0.25) is 0 Å². The molecule has 0 aromatic heterocycles. The highest BCUT2D eigenvalue weighted by Crippen LogP contribution is 2.19. The van der Waals surface area contributed by atoms with E-state index in [1.54, 1.807) is 0 Å². The van der Waals surface area contributed by atoms with E-state index in [4.69, 9.17) is 0 Å². The van der Waals surface area contributed by atoms with Gasteiger partial charge < -0.3 is 17.7 Å². The van der Waals surface area contributed by atoms with E-state index in [0.29, 0.717) is 0 Å². The van der Waals surface area contributed by atoms with E-state index in [0.717, 1.165) is 0 Å². The molecule has 15 heavy (non-hydrogen) atoms. The molecule has 0 aliphatic rings. The van der Waals surface area contributed by atoms with Crippen LogP contribution >= 0.6 is 0 Å². The smallest absolute Gasteiger partial charge is 0.500 e. The largest absolute Gasteiger partial charge is 0.514 e. The molecule has 0 heterocycles. The maximum absolute atomic E-state index is 12.7. The van der Waals surface area contributed by atoms with Crippen molar-refractivity contribution in [3.63, 3.8) is 0 Å². The molecule has 0 spiro atoms. The van der Waals surface area contributed by atoms with Crippen molar-refractivity contribution < 1.29 is 17.7 Å². The van der Waals surface area contributed by atoms with Gasteiger partial charge in [0.1, 0.15) is 0 Å². The van der Waals surface area contributed by atoms with E-state index in [1.165, 1.54) is 32.2 Å². The Morgan fingerprint density at radius 2 is 1.93 bits per heavy atom. The molecule has 5 heteroatoms. The second-order valence-electron chi connectivity index (χ2n) is 2.87. The van der Waals surface area contributed by atoms with Crippen molar-refractivity contribution in [1.82, 2.24) is 0 Å². The van der Waals surface area contributed by atoms with Crippen LogP contribution in [0.1, 0.15) is 12.5 Å². The Morgan fingerprint density at radius 3 is 2.40 bits per heavy atom. The molecular weight excluding hydrogens is 204 g/mol. The molecule has 0 saturated heterocycles. The average molecular weight is 213 g/mol. The third kappa shape index (κ3) is 2.47. The summed E-state index contributed by atoms with van der Waals surface area (Å²) in [7, 11) is 1.21. The topological polar surface area (TPSA) is 9.23 Å². The van der Waals surface area contributed by atoms with Crippen LogP contribution in [0.2, 0.25) is 0 Å². The zero-order valence-corrected chi connectivity index (χ0v) is 8.35. The van der Waals surface area contributed by atoms with Gasteiger partial charge in [-0.25, -0.2) is 0 Å². The Balaban J connectivity index is 3.45. The summed E-state index contributed by atoms with van der Waals surface area (Å²) in [6, 6.07) is 4.11. The van der Waals surface area contributed by atoms with Gasteiger partial charge in [-0.2, -0.15) is 0 Å². The Hall–Kier alpha value is -1.57. The van der Waals surface area contributed by atoms with Crippen LogP contribution < -0.4 is 10.2 Å². The maximum atomic E-state index is 12.7. The van der Waals surface area contributed by atoms with E-state index in [-0.39, 0.29) is 11.3 Å². The minimum Gasteiger partial charge on any atom is -0.500 e. The molecule has 1 nitrogen and oxygen atoms in total. The van der Waals surface area contributed by atoms with Crippen molar-refractivity contribution in [2.45, 2.75) is 6.92 Å². The Morgan fingerprint density at radius 1 is 1.27 bits per heavy atom. The van der Waals surface area contributed by atoms with Crippen molar-refractivity contribution in [3.05, 3.63) is 23.8 Å². The molecule has 1 rings (SSSR count). The Labute approximate surface area is 86.3 Å². The first-order valence-corrected chi connectivity index (χ1v) is 4.30. The summed E-state index contributed by atoms with van der Waals surface area (Å²) in [6.45, 7) is -3.61. The van der Waals surface area contributed by atoms with E-state index in [2.05, 4.69) is 16.6 Å². The summed E-state index contributed by atoms with van der Waals surface area (Å²) >= 11 is 0. The zero-order valence-electron chi connectivity index (χ0n) is 8.35. The van der Waals surface area contributed by atoms with Crippen LogP contribution in [0.5, 0.6) is 5.75 Å². The minimum atomic E-state index is -5.11. The van der Waals surface area contributed by atoms with Crippen LogP contribution in [0.25, 0.3) is 0 Å². The molecule has 0 N–H and O–H groups in total. The first-order chi connectivity index (χ1) is 7.00. The predicted molar refractivity (Wildman–Crippen MR) is 54.3 cm³/mol. The number of benzene rings is 1. The number of hydrogen-bond acceptors (Lipinski definition) is 1. The SMILES string of the molecule is CC#Cc1cccc(OC)c1[B-](F)(F)F. The average Bonchev–Trinajstić information content (AvgIpc) is 2.16. The first kappa shape index (κ1) is 11.5. The number of methoxy groups -OCH3 is 1. The van der Waals surface area contributed by atoms with E-state index in [9.17, 15) is 12.9 Å². The Bertz CT molecular complexity index is 415. The lowest BCUT2D eigenvalue weighted by Gasteiger charge is -2.20. The molecule has 1 aromatic carbocycles. The van der Waals surface area contributed by atoms with E-state index in [1.807, 2.05) is 0 Å². The van der Waals surface area contributed by atoms with Gasteiger partial charge in [-0.15, -0.1) is 5.92 Å². The van der Waals surface area contributed by atoms with Crippen LogP contribution in [0.3, 0.4) is 0 Å². The molecule has 0 bridgehead atoms. The highest BCUT2D eigenvalue weighted by atomic mass is 19.4. The lowest BCUT2D eigenvalue weighted by atomic mass is 9.76. The number of hydrogen-bond donors (Lipinski definition) is 0. The molecule has 0 saturated carbocycles. The van der Waals surface area contributed by atoms with Crippen LogP contribution in [-0.4, -0.2) is 14.1 Å². The highest BCUT2D eigenvalue weighted by molar-refractivity contribution is 6.75. The lowest BCUT2D eigenvalue weighted by molar-refractivity contribution is 0.412. The number of ether oxygens (including phenoxy) is 1. The zero-order chi connectivity index (χ0) is 11.5. The molecule has 0 aliphatic heterocycles. The van der Waals surface area contributed by atoms with Gasteiger partial charge in [-0.1, -0.05) is 17.4 Å². The third-order valence-corrected chi connectivity index (χ3v) is 1.87. The molecular formula is C10H9BF3O-. The Kier molecular flexibility index (Phi) is 3.30. The van der Waals surface area contributed by atoms with Gasteiger partial charge in [0, 0.05) is 5.56 Å². The van der Waals surface area contributed by atoms with Crippen LogP contribution in [0.15, 0.2) is 18.2 Å². The normalized spacial score (nSPS) is 10.5. The number of rotatable bonds is 2. The van der Waals surface area contributed by atoms with Gasteiger partial charge in [-0.05, 0) is 19.1 Å². The molecule has 0 unspecified atom stereocenters. The van der Waals surface area contributed by atoms with Crippen molar-refractivity contribution in [3.8, 4) is 17.6 Å². The maximum Gasteiger partial charge on any atom is 0.514 e. The van der Waals surface area contributed by atoms with Gasteiger partial charge in [0.2, 0.25) is 0 Å². The second-order valence-corrected chi connectivity index (χ2v) is 2.87. The van der Waals surface area contributed by atoms with Gasteiger partial charge in [0.15, 0.2) is 0 Å². The van der Waals surface area contributed by atoms with E-state index < -0.39 is 12.4 Å².